The predicted octanol–water partition coefficient (Wildman–Crippen LogP) is 4.53. The summed E-state index contributed by atoms with van der Waals surface area (Å²) in [4.78, 5) is 38.4. The van der Waals surface area contributed by atoms with E-state index in [1.807, 2.05) is 49.2 Å². The molecule has 3 aromatic rings. The Hall–Kier alpha value is -3.26. The molecule has 1 saturated heterocycles. The average molecular weight is 504 g/mol. The summed E-state index contributed by atoms with van der Waals surface area (Å²) >= 11 is 0. The fourth-order valence-electron chi connectivity index (χ4n) is 5.89. The van der Waals surface area contributed by atoms with Gasteiger partial charge in [0.2, 0.25) is 11.8 Å². The van der Waals surface area contributed by atoms with Crippen molar-refractivity contribution in [2.45, 2.75) is 76.9 Å². The van der Waals surface area contributed by atoms with Crippen molar-refractivity contribution < 1.29 is 14.0 Å². The van der Waals surface area contributed by atoms with Crippen molar-refractivity contribution in [2.75, 3.05) is 13.6 Å². The number of carbonyl (C=O) groups excluding carboxylic acids is 2. The van der Waals surface area contributed by atoms with Gasteiger partial charge in [-0.25, -0.2) is 9.97 Å². The lowest BCUT2D eigenvalue weighted by Gasteiger charge is -2.35. The summed E-state index contributed by atoms with van der Waals surface area (Å²) in [5.41, 5.74) is 3.48. The van der Waals surface area contributed by atoms with Crippen molar-refractivity contribution in [2.24, 2.45) is 5.92 Å². The van der Waals surface area contributed by atoms with Gasteiger partial charge in [0.25, 0.3) is 0 Å². The Morgan fingerprint density at radius 2 is 1.86 bits per heavy atom. The summed E-state index contributed by atoms with van der Waals surface area (Å²) in [7, 11) is 1.76. The summed E-state index contributed by atoms with van der Waals surface area (Å²) in [6.07, 6.45) is 10.6. The van der Waals surface area contributed by atoms with E-state index in [-0.39, 0.29) is 29.8 Å². The molecule has 1 saturated carbocycles. The van der Waals surface area contributed by atoms with E-state index < -0.39 is 6.04 Å². The molecular formula is C29H37N5O3. The number of likely N-dealkylation sites (N-methyl/N-ethyl adjacent to an activating group) is 1. The number of carbonyl (C=O) groups is 2. The lowest BCUT2D eigenvalue weighted by atomic mass is 9.83. The van der Waals surface area contributed by atoms with E-state index >= 15 is 0 Å². The number of nitrogens with zero attached hydrogens (tertiary/aromatic N) is 3. The molecule has 3 atom stereocenters. The van der Waals surface area contributed by atoms with Crippen molar-refractivity contribution in [3.8, 4) is 11.1 Å². The van der Waals surface area contributed by atoms with Crippen molar-refractivity contribution >= 4 is 22.8 Å². The highest BCUT2D eigenvalue weighted by Crippen LogP contribution is 2.40. The number of para-hydroxylation sites is 1. The third-order valence-electron chi connectivity index (χ3n) is 8.07. The van der Waals surface area contributed by atoms with Crippen LogP contribution >= 0.6 is 0 Å². The van der Waals surface area contributed by atoms with Gasteiger partial charge in [0, 0.05) is 29.3 Å². The molecule has 1 aliphatic carbocycles. The summed E-state index contributed by atoms with van der Waals surface area (Å²) in [6.45, 7) is 4.35. The topological polar surface area (TPSA) is 100 Å². The second-order valence-electron chi connectivity index (χ2n) is 10.4. The van der Waals surface area contributed by atoms with E-state index in [4.69, 9.17) is 9.40 Å². The van der Waals surface area contributed by atoms with E-state index in [1.54, 1.807) is 13.3 Å². The highest BCUT2D eigenvalue weighted by atomic mass is 16.3. The van der Waals surface area contributed by atoms with Gasteiger partial charge in [0.15, 0.2) is 0 Å². The van der Waals surface area contributed by atoms with Crippen molar-refractivity contribution in [3.05, 3.63) is 48.2 Å². The normalized spacial score (nSPS) is 20.2. The van der Waals surface area contributed by atoms with E-state index in [0.717, 1.165) is 66.3 Å². The molecular weight excluding hydrogens is 466 g/mol. The minimum atomic E-state index is -0.523. The highest BCUT2D eigenvalue weighted by Gasteiger charge is 2.40. The van der Waals surface area contributed by atoms with Crippen LogP contribution in [0.2, 0.25) is 0 Å². The third kappa shape index (κ3) is 5.12. The number of hydrogen-bond acceptors (Lipinski definition) is 6. The molecule has 5 rings (SSSR count). The molecule has 0 radical (unpaired) electrons. The van der Waals surface area contributed by atoms with Crippen LogP contribution in [0.4, 0.5) is 0 Å². The Balaban J connectivity index is 1.50. The van der Waals surface area contributed by atoms with Crippen LogP contribution in [0.5, 0.6) is 0 Å². The standard InChI is InChI=1S/C29H37N5O3/c1-18(30-3)28(35)33-26(20-10-5-4-6-11-20)29(36)34-15-9-13-24(34)27-22(16-31-19(2)32-27)23-17-37-25-14-8-7-12-21(23)25/h7-8,12,14,16-18,20,24,26,30H,4-6,9-11,13,15H2,1-3H3,(H,33,35)/t18-,24-,26-/m0/s1. The van der Waals surface area contributed by atoms with Crippen LogP contribution in [0.1, 0.15) is 69.4 Å². The van der Waals surface area contributed by atoms with Gasteiger partial charge in [-0.15, -0.1) is 0 Å². The number of amides is 2. The fourth-order valence-corrected chi connectivity index (χ4v) is 5.89. The highest BCUT2D eigenvalue weighted by molar-refractivity contribution is 5.95. The molecule has 8 heteroatoms. The van der Waals surface area contributed by atoms with Crippen LogP contribution < -0.4 is 10.6 Å². The Labute approximate surface area is 218 Å². The summed E-state index contributed by atoms with van der Waals surface area (Å²) in [5, 5.41) is 7.12. The molecule has 0 bridgehead atoms. The number of nitrogens with one attached hydrogen (secondary N) is 2. The quantitative estimate of drug-likeness (QED) is 0.491. The molecule has 2 fully saturated rings. The minimum absolute atomic E-state index is 0.00493. The van der Waals surface area contributed by atoms with E-state index in [2.05, 4.69) is 15.6 Å². The Kier molecular flexibility index (Phi) is 7.55. The molecule has 3 heterocycles. The first-order chi connectivity index (χ1) is 18.0. The largest absolute Gasteiger partial charge is 0.464 e. The molecule has 1 aromatic carbocycles. The molecule has 196 valence electrons. The zero-order valence-electron chi connectivity index (χ0n) is 22.0. The summed E-state index contributed by atoms with van der Waals surface area (Å²) in [6, 6.07) is 6.86. The van der Waals surface area contributed by atoms with Crippen LogP contribution in [-0.4, -0.2) is 52.4 Å². The number of benzene rings is 1. The smallest absolute Gasteiger partial charge is 0.246 e. The van der Waals surface area contributed by atoms with Crippen molar-refractivity contribution in [3.63, 3.8) is 0 Å². The fraction of sp³-hybridized carbons (Fsp3) is 0.517. The van der Waals surface area contributed by atoms with Gasteiger partial charge in [-0.05, 0) is 58.6 Å². The van der Waals surface area contributed by atoms with E-state index in [9.17, 15) is 9.59 Å². The lowest BCUT2D eigenvalue weighted by Crippen LogP contribution is -2.55. The van der Waals surface area contributed by atoms with E-state index in [0.29, 0.717) is 12.4 Å². The Morgan fingerprint density at radius 3 is 2.65 bits per heavy atom. The van der Waals surface area contributed by atoms with Crippen LogP contribution in [0.15, 0.2) is 41.1 Å². The number of aromatic nitrogens is 2. The van der Waals surface area contributed by atoms with Gasteiger partial charge in [-0.1, -0.05) is 37.5 Å². The number of hydrogen-bond donors (Lipinski definition) is 2. The molecule has 1 aliphatic heterocycles. The molecule has 0 spiro atoms. The number of rotatable bonds is 7. The Bertz CT molecular complexity index is 1270. The summed E-state index contributed by atoms with van der Waals surface area (Å²) < 4.78 is 5.83. The zero-order chi connectivity index (χ0) is 25.9. The van der Waals surface area contributed by atoms with Gasteiger partial charge >= 0.3 is 0 Å². The van der Waals surface area contributed by atoms with Crippen LogP contribution in [0, 0.1) is 12.8 Å². The molecule has 2 N–H and O–H groups in total. The molecule has 2 amide bonds. The Morgan fingerprint density at radius 1 is 1.08 bits per heavy atom. The van der Waals surface area contributed by atoms with E-state index in [1.165, 1.54) is 6.42 Å². The van der Waals surface area contributed by atoms with Crippen molar-refractivity contribution in [1.29, 1.82) is 0 Å². The van der Waals surface area contributed by atoms with Gasteiger partial charge in [-0.3, -0.25) is 9.59 Å². The summed E-state index contributed by atoms with van der Waals surface area (Å²) in [5.74, 6) is 0.696. The molecule has 2 aliphatic rings. The monoisotopic (exact) mass is 503 g/mol. The zero-order valence-corrected chi connectivity index (χ0v) is 22.0. The van der Waals surface area contributed by atoms with Gasteiger partial charge in [0.1, 0.15) is 17.4 Å². The van der Waals surface area contributed by atoms with Gasteiger partial charge < -0.3 is 20.0 Å². The molecule has 0 unspecified atom stereocenters. The van der Waals surface area contributed by atoms with Gasteiger partial charge in [-0.2, -0.15) is 0 Å². The first kappa shape index (κ1) is 25.4. The van der Waals surface area contributed by atoms with Crippen LogP contribution in [0.3, 0.4) is 0 Å². The number of furan rings is 1. The van der Waals surface area contributed by atoms with Gasteiger partial charge in [0.05, 0.1) is 24.0 Å². The predicted molar refractivity (Wildman–Crippen MR) is 143 cm³/mol. The lowest BCUT2D eigenvalue weighted by molar-refractivity contribution is -0.139. The second kappa shape index (κ2) is 11.0. The number of likely N-dealkylation sites (tertiary alicyclic amines) is 1. The van der Waals surface area contributed by atoms with Crippen LogP contribution in [0.25, 0.3) is 22.1 Å². The first-order valence-electron chi connectivity index (χ1n) is 13.6. The van der Waals surface area contributed by atoms with Crippen molar-refractivity contribution in [1.82, 2.24) is 25.5 Å². The van der Waals surface area contributed by atoms with Crippen LogP contribution in [-0.2, 0) is 9.59 Å². The third-order valence-corrected chi connectivity index (χ3v) is 8.07. The number of aryl methyl sites for hydroxylation is 1. The molecule has 8 nitrogen and oxygen atoms in total. The maximum atomic E-state index is 14.2. The molecule has 37 heavy (non-hydrogen) atoms. The minimum Gasteiger partial charge on any atom is -0.464 e. The molecule has 2 aromatic heterocycles. The maximum absolute atomic E-state index is 14.2. The first-order valence-corrected chi connectivity index (χ1v) is 13.6. The SMILES string of the molecule is CN[C@@H](C)C(=O)N[C@H](C(=O)N1CCC[C@H]1c1nc(C)ncc1-c1coc2ccccc12)C1CCCCC1. The second-order valence-corrected chi connectivity index (χ2v) is 10.4. The average Bonchev–Trinajstić information content (AvgIpc) is 3.59. The maximum Gasteiger partial charge on any atom is 0.246 e. The number of fused-ring (bicyclic) bond motifs is 1.